The zero-order chi connectivity index (χ0) is 18.1. The SMILES string of the molecule is CC(C)(C)OC(=O)N1CCC2(NC(=O)OCc3ccccc3)CC2C1. The van der Waals surface area contributed by atoms with Crippen LogP contribution >= 0.6 is 0 Å². The minimum Gasteiger partial charge on any atom is -0.445 e. The Hall–Kier alpha value is -2.24. The molecule has 1 N–H and O–H groups in total. The molecule has 0 spiro atoms. The predicted molar refractivity (Wildman–Crippen MR) is 93.0 cm³/mol. The first-order valence-corrected chi connectivity index (χ1v) is 8.74. The van der Waals surface area contributed by atoms with Gasteiger partial charge in [0.1, 0.15) is 12.2 Å². The second-order valence-electron chi connectivity index (χ2n) is 7.92. The van der Waals surface area contributed by atoms with E-state index in [2.05, 4.69) is 5.32 Å². The summed E-state index contributed by atoms with van der Waals surface area (Å²) in [6, 6.07) is 9.60. The highest BCUT2D eigenvalue weighted by Crippen LogP contribution is 2.49. The van der Waals surface area contributed by atoms with E-state index in [1.54, 1.807) is 4.90 Å². The zero-order valence-corrected chi connectivity index (χ0v) is 15.1. The molecule has 3 rings (SSSR count). The third kappa shape index (κ3) is 4.44. The molecule has 0 radical (unpaired) electrons. The van der Waals surface area contributed by atoms with E-state index >= 15 is 0 Å². The number of alkyl carbamates (subject to hydrolysis) is 1. The van der Waals surface area contributed by atoms with Crippen molar-refractivity contribution in [2.45, 2.75) is 51.4 Å². The molecule has 25 heavy (non-hydrogen) atoms. The van der Waals surface area contributed by atoms with E-state index < -0.39 is 11.7 Å². The number of piperidine rings is 1. The predicted octanol–water partition coefficient (Wildman–Crippen LogP) is 3.31. The molecule has 1 aromatic rings. The van der Waals surface area contributed by atoms with Gasteiger partial charge in [-0.1, -0.05) is 30.3 Å². The standard InChI is InChI=1S/C19H26N2O4/c1-18(2,3)25-17(23)21-10-9-19(11-15(19)12-21)20-16(22)24-13-14-7-5-4-6-8-14/h4-8,15H,9-13H2,1-3H3,(H,20,22). The molecule has 2 amide bonds. The van der Waals surface area contributed by atoms with E-state index in [9.17, 15) is 9.59 Å². The fraction of sp³-hybridized carbons (Fsp3) is 0.579. The van der Waals surface area contributed by atoms with Gasteiger partial charge < -0.3 is 19.7 Å². The van der Waals surface area contributed by atoms with Crippen molar-refractivity contribution in [3.8, 4) is 0 Å². The number of fused-ring (bicyclic) bond motifs is 1. The maximum Gasteiger partial charge on any atom is 0.410 e. The van der Waals surface area contributed by atoms with Crippen LogP contribution in [0.4, 0.5) is 9.59 Å². The van der Waals surface area contributed by atoms with Crippen molar-refractivity contribution in [2.24, 2.45) is 5.92 Å². The fourth-order valence-electron chi connectivity index (χ4n) is 3.29. The summed E-state index contributed by atoms with van der Waals surface area (Å²) < 4.78 is 10.7. The van der Waals surface area contributed by atoms with Gasteiger partial charge in [-0.15, -0.1) is 0 Å². The Morgan fingerprint density at radius 2 is 2.00 bits per heavy atom. The maximum absolute atomic E-state index is 12.2. The third-order valence-electron chi connectivity index (χ3n) is 4.72. The van der Waals surface area contributed by atoms with Gasteiger partial charge in [-0.25, -0.2) is 9.59 Å². The van der Waals surface area contributed by atoms with Gasteiger partial charge in [0.25, 0.3) is 0 Å². The minimum atomic E-state index is -0.491. The van der Waals surface area contributed by atoms with Crippen LogP contribution in [0.15, 0.2) is 30.3 Å². The van der Waals surface area contributed by atoms with Gasteiger partial charge in [0, 0.05) is 19.0 Å². The first kappa shape index (κ1) is 17.6. The molecular weight excluding hydrogens is 320 g/mol. The van der Waals surface area contributed by atoms with Gasteiger partial charge in [0.2, 0.25) is 0 Å². The van der Waals surface area contributed by atoms with E-state index in [4.69, 9.17) is 9.47 Å². The first-order chi connectivity index (χ1) is 11.8. The molecule has 2 fully saturated rings. The number of carbonyl (C=O) groups excluding carboxylic acids is 2. The van der Waals surface area contributed by atoms with Crippen LogP contribution in [0.2, 0.25) is 0 Å². The molecule has 1 aromatic carbocycles. The molecule has 0 bridgehead atoms. The molecular formula is C19H26N2O4. The zero-order valence-electron chi connectivity index (χ0n) is 15.1. The molecule has 6 nitrogen and oxygen atoms in total. The lowest BCUT2D eigenvalue weighted by Crippen LogP contribution is -2.49. The first-order valence-electron chi connectivity index (χ1n) is 8.74. The second kappa shape index (κ2) is 6.58. The number of likely N-dealkylation sites (tertiary alicyclic amines) is 1. The molecule has 0 aromatic heterocycles. The average molecular weight is 346 g/mol. The van der Waals surface area contributed by atoms with Gasteiger partial charge in [-0.2, -0.15) is 0 Å². The highest BCUT2D eigenvalue weighted by Gasteiger charge is 2.58. The average Bonchev–Trinajstić information content (AvgIpc) is 3.25. The summed E-state index contributed by atoms with van der Waals surface area (Å²) in [5.74, 6) is 0.276. The van der Waals surface area contributed by atoms with E-state index in [0.717, 1.165) is 18.4 Å². The Balaban J connectivity index is 1.45. The molecule has 1 heterocycles. The number of ether oxygens (including phenoxy) is 2. The highest BCUT2D eigenvalue weighted by molar-refractivity contribution is 5.71. The fourth-order valence-corrected chi connectivity index (χ4v) is 3.29. The monoisotopic (exact) mass is 346 g/mol. The topological polar surface area (TPSA) is 67.9 Å². The summed E-state index contributed by atoms with van der Waals surface area (Å²) in [4.78, 5) is 26.0. The van der Waals surface area contributed by atoms with Gasteiger partial charge in [-0.3, -0.25) is 0 Å². The maximum atomic E-state index is 12.2. The lowest BCUT2D eigenvalue weighted by atomic mass is 10.1. The molecule has 2 aliphatic rings. The summed E-state index contributed by atoms with van der Waals surface area (Å²) in [5.41, 5.74) is 0.253. The van der Waals surface area contributed by atoms with Gasteiger partial charge >= 0.3 is 12.2 Å². The summed E-state index contributed by atoms with van der Waals surface area (Å²) in [7, 11) is 0. The van der Waals surface area contributed by atoms with E-state index in [1.807, 2.05) is 51.1 Å². The summed E-state index contributed by atoms with van der Waals surface area (Å²) in [5, 5.41) is 3.01. The number of hydrogen-bond donors (Lipinski definition) is 1. The summed E-state index contributed by atoms with van der Waals surface area (Å²) >= 11 is 0. The van der Waals surface area contributed by atoms with Crippen molar-refractivity contribution in [3.63, 3.8) is 0 Å². The Labute approximate surface area is 148 Å². The Bertz CT molecular complexity index is 641. The van der Waals surface area contributed by atoms with E-state index in [0.29, 0.717) is 13.1 Å². The lowest BCUT2D eigenvalue weighted by molar-refractivity contribution is 0.0192. The highest BCUT2D eigenvalue weighted by atomic mass is 16.6. The molecule has 1 aliphatic heterocycles. The molecule has 1 aliphatic carbocycles. The number of rotatable bonds is 3. The van der Waals surface area contributed by atoms with Crippen molar-refractivity contribution >= 4 is 12.2 Å². The third-order valence-corrected chi connectivity index (χ3v) is 4.72. The van der Waals surface area contributed by atoms with Crippen molar-refractivity contribution in [1.82, 2.24) is 10.2 Å². The van der Waals surface area contributed by atoms with Gasteiger partial charge in [-0.05, 0) is 39.2 Å². The minimum absolute atomic E-state index is 0.216. The molecule has 136 valence electrons. The van der Waals surface area contributed by atoms with Crippen LogP contribution in [-0.2, 0) is 16.1 Å². The van der Waals surface area contributed by atoms with Crippen molar-refractivity contribution in [3.05, 3.63) is 35.9 Å². The van der Waals surface area contributed by atoms with Crippen molar-refractivity contribution in [2.75, 3.05) is 13.1 Å². The van der Waals surface area contributed by atoms with Crippen LogP contribution in [0.25, 0.3) is 0 Å². The summed E-state index contributed by atoms with van der Waals surface area (Å²) in [6.45, 7) is 7.05. The number of nitrogens with one attached hydrogen (secondary N) is 1. The number of nitrogens with zero attached hydrogens (tertiary/aromatic N) is 1. The van der Waals surface area contributed by atoms with Gasteiger partial charge in [0.05, 0.1) is 5.54 Å². The molecule has 2 atom stereocenters. The van der Waals surface area contributed by atoms with Crippen LogP contribution in [0.1, 0.15) is 39.2 Å². The van der Waals surface area contributed by atoms with Crippen molar-refractivity contribution < 1.29 is 19.1 Å². The van der Waals surface area contributed by atoms with Crippen LogP contribution in [-0.4, -0.2) is 41.3 Å². The Kier molecular flexibility index (Phi) is 4.62. The number of amides is 2. The van der Waals surface area contributed by atoms with Crippen LogP contribution in [0.5, 0.6) is 0 Å². The largest absolute Gasteiger partial charge is 0.445 e. The molecule has 6 heteroatoms. The number of hydrogen-bond acceptors (Lipinski definition) is 4. The molecule has 2 unspecified atom stereocenters. The van der Waals surface area contributed by atoms with Crippen LogP contribution in [0, 0.1) is 5.92 Å². The number of carbonyl (C=O) groups is 2. The molecule has 1 saturated carbocycles. The number of benzene rings is 1. The van der Waals surface area contributed by atoms with E-state index in [-0.39, 0.29) is 24.2 Å². The van der Waals surface area contributed by atoms with Crippen molar-refractivity contribution in [1.29, 1.82) is 0 Å². The van der Waals surface area contributed by atoms with E-state index in [1.165, 1.54) is 0 Å². The van der Waals surface area contributed by atoms with Crippen LogP contribution < -0.4 is 5.32 Å². The quantitative estimate of drug-likeness (QED) is 0.912. The molecule has 1 saturated heterocycles. The second-order valence-corrected chi connectivity index (χ2v) is 7.92. The van der Waals surface area contributed by atoms with Gasteiger partial charge in [0.15, 0.2) is 0 Å². The summed E-state index contributed by atoms with van der Waals surface area (Å²) in [6.07, 6.45) is 0.945. The van der Waals surface area contributed by atoms with Crippen LogP contribution in [0.3, 0.4) is 0 Å². The normalized spacial score (nSPS) is 24.9. The Morgan fingerprint density at radius 3 is 2.64 bits per heavy atom. The smallest absolute Gasteiger partial charge is 0.410 e. The lowest BCUT2D eigenvalue weighted by Gasteiger charge is -2.33. The Morgan fingerprint density at radius 1 is 1.28 bits per heavy atom.